The summed E-state index contributed by atoms with van der Waals surface area (Å²) in [6, 6.07) is -0.393. The molecule has 1 saturated heterocycles. The number of likely N-dealkylation sites (tertiary alicyclic amines) is 1. The highest BCUT2D eigenvalue weighted by atomic mass is 16.4. The Balaban J connectivity index is 1.85. The Kier molecular flexibility index (Phi) is 3.98. The maximum Gasteiger partial charge on any atom is 0.326 e. The molecule has 0 aromatic rings. The molecule has 0 aromatic heterocycles. The molecule has 3 atom stereocenters. The summed E-state index contributed by atoms with van der Waals surface area (Å²) in [5.41, 5.74) is -0.321. The van der Waals surface area contributed by atoms with E-state index in [1.54, 1.807) is 4.90 Å². The Hall–Kier alpha value is -1.06. The largest absolute Gasteiger partial charge is 0.480 e. The molecule has 2 aliphatic carbocycles. The van der Waals surface area contributed by atoms with E-state index in [4.69, 9.17) is 0 Å². The third kappa shape index (κ3) is 2.58. The van der Waals surface area contributed by atoms with Crippen molar-refractivity contribution in [2.24, 2.45) is 11.3 Å². The quantitative estimate of drug-likeness (QED) is 0.850. The van der Waals surface area contributed by atoms with Crippen LogP contribution in [0.15, 0.2) is 0 Å². The van der Waals surface area contributed by atoms with Gasteiger partial charge in [-0.15, -0.1) is 0 Å². The molecular weight excluding hydrogens is 266 g/mol. The van der Waals surface area contributed by atoms with Gasteiger partial charge in [-0.2, -0.15) is 0 Å². The number of amides is 1. The lowest BCUT2D eigenvalue weighted by Gasteiger charge is -2.41. The van der Waals surface area contributed by atoms with E-state index < -0.39 is 12.0 Å². The summed E-state index contributed by atoms with van der Waals surface area (Å²) in [7, 11) is 0. The molecule has 0 aromatic carbocycles. The van der Waals surface area contributed by atoms with Crippen molar-refractivity contribution in [2.75, 3.05) is 0 Å². The zero-order valence-corrected chi connectivity index (χ0v) is 13.0. The number of hydrogen-bond acceptors (Lipinski definition) is 2. The third-order valence-electron chi connectivity index (χ3n) is 6.08. The van der Waals surface area contributed by atoms with Gasteiger partial charge in [0.1, 0.15) is 6.04 Å². The molecule has 0 radical (unpaired) electrons. The Morgan fingerprint density at radius 2 is 1.71 bits per heavy atom. The molecule has 0 bridgehead atoms. The van der Waals surface area contributed by atoms with E-state index >= 15 is 0 Å². The minimum Gasteiger partial charge on any atom is -0.480 e. The first-order valence-corrected chi connectivity index (χ1v) is 8.58. The fourth-order valence-corrected chi connectivity index (χ4v) is 4.83. The zero-order valence-electron chi connectivity index (χ0n) is 13.0. The Bertz CT molecular complexity index is 428. The number of carboxylic acid groups (broad SMARTS) is 1. The van der Waals surface area contributed by atoms with E-state index in [-0.39, 0.29) is 17.4 Å². The van der Waals surface area contributed by atoms with Crippen LogP contribution in [0.25, 0.3) is 0 Å². The lowest BCUT2D eigenvalue weighted by Crippen LogP contribution is -2.52. The number of rotatable bonds is 2. The Labute approximate surface area is 126 Å². The molecule has 2 saturated carbocycles. The van der Waals surface area contributed by atoms with E-state index in [9.17, 15) is 14.7 Å². The molecule has 0 spiro atoms. The van der Waals surface area contributed by atoms with Gasteiger partial charge in [0.05, 0.1) is 0 Å². The summed E-state index contributed by atoms with van der Waals surface area (Å²) in [6.45, 7) is 2.06. The summed E-state index contributed by atoms with van der Waals surface area (Å²) >= 11 is 0. The van der Waals surface area contributed by atoms with Crippen LogP contribution in [0.5, 0.6) is 0 Å². The molecule has 3 fully saturated rings. The molecule has 1 N–H and O–H groups in total. The van der Waals surface area contributed by atoms with Gasteiger partial charge in [-0.1, -0.05) is 39.0 Å². The molecule has 1 aliphatic heterocycles. The number of carboxylic acids is 1. The van der Waals surface area contributed by atoms with Crippen LogP contribution in [0.2, 0.25) is 0 Å². The molecule has 1 heterocycles. The summed E-state index contributed by atoms with van der Waals surface area (Å²) in [5, 5.41) is 9.57. The maximum absolute atomic E-state index is 13.2. The first-order valence-electron chi connectivity index (χ1n) is 8.58. The van der Waals surface area contributed by atoms with Crippen molar-refractivity contribution in [3.8, 4) is 0 Å². The van der Waals surface area contributed by atoms with Crippen LogP contribution in [-0.4, -0.2) is 34.0 Å². The molecule has 4 heteroatoms. The van der Waals surface area contributed by atoms with E-state index in [0.29, 0.717) is 12.3 Å². The fourth-order valence-electron chi connectivity index (χ4n) is 4.83. The van der Waals surface area contributed by atoms with Gasteiger partial charge in [0.15, 0.2) is 0 Å². The van der Waals surface area contributed by atoms with Crippen molar-refractivity contribution in [2.45, 2.75) is 83.2 Å². The summed E-state index contributed by atoms with van der Waals surface area (Å²) < 4.78 is 0. The number of nitrogens with zero attached hydrogens (tertiary/aromatic N) is 1. The van der Waals surface area contributed by atoms with Gasteiger partial charge in [0.2, 0.25) is 5.91 Å². The van der Waals surface area contributed by atoms with Gasteiger partial charge in [-0.25, -0.2) is 4.79 Å². The van der Waals surface area contributed by atoms with Gasteiger partial charge in [0, 0.05) is 11.5 Å². The second-order valence-corrected chi connectivity index (χ2v) is 7.54. The molecule has 1 amide bonds. The average molecular weight is 293 g/mol. The van der Waals surface area contributed by atoms with Gasteiger partial charge in [0.25, 0.3) is 0 Å². The van der Waals surface area contributed by atoms with Crippen molar-refractivity contribution in [1.29, 1.82) is 0 Å². The minimum absolute atomic E-state index is 0.129. The van der Waals surface area contributed by atoms with Crippen LogP contribution >= 0.6 is 0 Å². The topological polar surface area (TPSA) is 57.6 Å². The van der Waals surface area contributed by atoms with Crippen LogP contribution < -0.4 is 0 Å². The number of fused-ring (bicyclic) bond motifs is 1. The van der Waals surface area contributed by atoms with Gasteiger partial charge >= 0.3 is 5.97 Å². The van der Waals surface area contributed by atoms with E-state index in [1.807, 2.05) is 0 Å². The fraction of sp³-hybridized carbons (Fsp3) is 0.882. The lowest BCUT2D eigenvalue weighted by atomic mass is 9.74. The number of carbonyl (C=O) groups excluding carboxylic acids is 1. The van der Waals surface area contributed by atoms with Crippen LogP contribution in [-0.2, 0) is 9.59 Å². The Morgan fingerprint density at radius 3 is 2.38 bits per heavy atom. The zero-order chi connectivity index (χ0) is 15.0. The van der Waals surface area contributed by atoms with Crippen molar-refractivity contribution in [3.05, 3.63) is 0 Å². The second kappa shape index (κ2) is 5.62. The number of carbonyl (C=O) groups is 2. The predicted molar refractivity (Wildman–Crippen MR) is 79.8 cm³/mol. The van der Waals surface area contributed by atoms with Gasteiger partial charge < -0.3 is 10.0 Å². The molecule has 3 unspecified atom stereocenters. The van der Waals surface area contributed by atoms with E-state index in [2.05, 4.69) is 6.92 Å². The molecular formula is C17H27NO3. The van der Waals surface area contributed by atoms with Gasteiger partial charge in [-0.05, 0) is 38.0 Å². The summed E-state index contributed by atoms with van der Waals surface area (Å²) in [6.07, 6.45) is 10.3. The number of hydrogen-bond donors (Lipinski definition) is 1. The van der Waals surface area contributed by atoms with E-state index in [1.165, 1.54) is 12.8 Å². The molecule has 3 aliphatic rings. The van der Waals surface area contributed by atoms with Crippen molar-refractivity contribution in [1.82, 2.24) is 4.90 Å². The van der Waals surface area contributed by atoms with Crippen LogP contribution in [0.1, 0.15) is 71.1 Å². The first kappa shape index (κ1) is 14.9. The van der Waals surface area contributed by atoms with Gasteiger partial charge in [-0.3, -0.25) is 4.79 Å². The van der Waals surface area contributed by atoms with Crippen molar-refractivity contribution in [3.63, 3.8) is 0 Å². The third-order valence-corrected chi connectivity index (χ3v) is 6.08. The van der Waals surface area contributed by atoms with E-state index in [0.717, 1.165) is 44.9 Å². The molecule has 118 valence electrons. The van der Waals surface area contributed by atoms with Crippen molar-refractivity contribution >= 4 is 11.9 Å². The highest BCUT2D eigenvalue weighted by Gasteiger charge is 2.51. The van der Waals surface area contributed by atoms with Crippen LogP contribution in [0.3, 0.4) is 0 Å². The number of aliphatic carboxylic acids is 1. The monoisotopic (exact) mass is 293 g/mol. The summed E-state index contributed by atoms with van der Waals surface area (Å²) in [4.78, 5) is 26.6. The summed E-state index contributed by atoms with van der Waals surface area (Å²) in [5.74, 6) is -0.267. The second-order valence-electron chi connectivity index (χ2n) is 7.54. The Morgan fingerprint density at radius 1 is 1.05 bits per heavy atom. The maximum atomic E-state index is 13.2. The lowest BCUT2D eigenvalue weighted by molar-refractivity contribution is -0.156. The standard InChI is InChI=1S/C17H27NO3/c1-17(9-5-2-6-10-17)16(21)18-13-8-4-3-7-12(13)11-14(18)15(19)20/h12-14H,2-11H2,1H3,(H,19,20). The predicted octanol–water partition coefficient (Wildman–Crippen LogP) is 3.20. The smallest absolute Gasteiger partial charge is 0.326 e. The molecule has 21 heavy (non-hydrogen) atoms. The SMILES string of the molecule is CC1(C(=O)N2C(C(=O)O)CC3CCCCC32)CCCCC1. The normalized spacial score (nSPS) is 35.3. The highest BCUT2D eigenvalue weighted by Crippen LogP contribution is 2.45. The molecule has 3 rings (SSSR count). The molecule has 4 nitrogen and oxygen atoms in total. The average Bonchev–Trinajstić information content (AvgIpc) is 2.86. The van der Waals surface area contributed by atoms with Crippen LogP contribution in [0.4, 0.5) is 0 Å². The minimum atomic E-state index is -0.808. The first-order chi connectivity index (χ1) is 10.0. The van der Waals surface area contributed by atoms with Crippen molar-refractivity contribution < 1.29 is 14.7 Å². The van der Waals surface area contributed by atoms with Crippen LogP contribution in [0, 0.1) is 11.3 Å². The highest BCUT2D eigenvalue weighted by molar-refractivity contribution is 5.88.